The van der Waals surface area contributed by atoms with Gasteiger partial charge in [0.1, 0.15) is 0 Å². The quantitative estimate of drug-likeness (QED) is 0.686. The van der Waals surface area contributed by atoms with Crippen LogP contribution in [0.5, 0.6) is 0 Å². The standard InChI is InChI=1S/C12H26N2O2/c1-6-11(8-12(15)16)14(7-2)10(3)9-13(4)5/h10-11H,6-9H2,1-5H3,(H,15,16). The van der Waals surface area contributed by atoms with Crippen LogP contribution in [0.4, 0.5) is 0 Å². The summed E-state index contributed by atoms with van der Waals surface area (Å²) in [5.41, 5.74) is 0. The van der Waals surface area contributed by atoms with Gasteiger partial charge in [0.15, 0.2) is 0 Å². The maximum atomic E-state index is 10.8. The predicted octanol–water partition coefficient (Wildman–Crippen LogP) is 1.51. The lowest BCUT2D eigenvalue weighted by molar-refractivity contribution is -0.138. The van der Waals surface area contributed by atoms with Gasteiger partial charge in [-0.25, -0.2) is 0 Å². The third kappa shape index (κ3) is 5.47. The van der Waals surface area contributed by atoms with Crippen LogP contribution in [-0.4, -0.2) is 60.1 Å². The largest absolute Gasteiger partial charge is 0.481 e. The van der Waals surface area contributed by atoms with E-state index in [0.29, 0.717) is 6.04 Å². The first-order chi connectivity index (χ1) is 7.42. The molecule has 0 bridgehead atoms. The number of likely N-dealkylation sites (N-methyl/N-ethyl adjacent to an activating group) is 2. The first-order valence-corrected chi connectivity index (χ1v) is 6.04. The Labute approximate surface area is 99.2 Å². The summed E-state index contributed by atoms with van der Waals surface area (Å²) >= 11 is 0. The second kappa shape index (κ2) is 7.63. The SMILES string of the molecule is CCC(CC(=O)O)N(CC)C(C)CN(C)C. The summed E-state index contributed by atoms with van der Waals surface area (Å²) in [6, 6.07) is 0.543. The van der Waals surface area contributed by atoms with Crippen molar-refractivity contribution in [1.82, 2.24) is 9.80 Å². The number of nitrogens with zero attached hydrogens (tertiary/aromatic N) is 2. The van der Waals surface area contributed by atoms with Crippen LogP contribution in [0.1, 0.15) is 33.6 Å². The molecule has 96 valence electrons. The van der Waals surface area contributed by atoms with Gasteiger partial charge >= 0.3 is 5.97 Å². The molecule has 0 amide bonds. The second-order valence-corrected chi connectivity index (χ2v) is 4.60. The minimum Gasteiger partial charge on any atom is -0.481 e. The van der Waals surface area contributed by atoms with Crippen molar-refractivity contribution in [2.24, 2.45) is 0 Å². The van der Waals surface area contributed by atoms with Crippen molar-refractivity contribution in [3.05, 3.63) is 0 Å². The topological polar surface area (TPSA) is 43.8 Å². The fourth-order valence-corrected chi connectivity index (χ4v) is 2.26. The molecule has 0 rings (SSSR count). The molecule has 16 heavy (non-hydrogen) atoms. The first-order valence-electron chi connectivity index (χ1n) is 6.04. The maximum Gasteiger partial charge on any atom is 0.304 e. The third-order valence-corrected chi connectivity index (χ3v) is 2.91. The zero-order valence-electron chi connectivity index (χ0n) is 11.2. The van der Waals surface area contributed by atoms with Gasteiger partial charge in [0, 0.05) is 18.6 Å². The van der Waals surface area contributed by atoms with Crippen LogP contribution in [0.2, 0.25) is 0 Å². The lowest BCUT2D eigenvalue weighted by atomic mass is 10.1. The van der Waals surface area contributed by atoms with Gasteiger partial charge in [-0.05, 0) is 34.0 Å². The lowest BCUT2D eigenvalue weighted by Gasteiger charge is -2.35. The van der Waals surface area contributed by atoms with Gasteiger partial charge in [0.25, 0.3) is 0 Å². The number of hydrogen-bond acceptors (Lipinski definition) is 3. The maximum absolute atomic E-state index is 10.8. The summed E-state index contributed by atoms with van der Waals surface area (Å²) in [5.74, 6) is -0.706. The molecule has 0 saturated carbocycles. The normalized spacial score (nSPS) is 15.4. The molecule has 4 heteroatoms. The van der Waals surface area contributed by atoms with E-state index in [-0.39, 0.29) is 12.5 Å². The molecule has 0 spiro atoms. The van der Waals surface area contributed by atoms with Crippen molar-refractivity contribution in [2.75, 3.05) is 27.2 Å². The van der Waals surface area contributed by atoms with E-state index in [4.69, 9.17) is 5.11 Å². The highest BCUT2D eigenvalue weighted by Crippen LogP contribution is 2.13. The van der Waals surface area contributed by atoms with Crippen LogP contribution in [-0.2, 0) is 4.79 Å². The second-order valence-electron chi connectivity index (χ2n) is 4.60. The van der Waals surface area contributed by atoms with Gasteiger partial charge in [-0.2, -0.15) is 0 Å². The van der Waals surface area contributed by atoms with E-state index >= 15 is 0 Å². The molecule has 0 fully saturated rings. The molecule has 0 aliphatic rings. The Morgan fingerprint density at radius 1 is 1.31 bits per heavy atom. The molecule has 0 aliphatic carbocycles. The van der Waals surface area contributed by atoms with Gasteiger partial charge < -0.3 is 10.0 Å². The van der Waals surface area contributed by atoms with Crippen molar-refractivity contribution in [3.63, 3.8) is 0 Å². The van der Waals surface area contributed by atoms with Crippen LogP contribution >= 0.6 is 0 Å². The molecule has 0 aromatic carbocycles. The Hall–Kier alpha value is -0.610. The molecule has 0 radical (unpaired) electrons. The molecular formula is C12H26N2O2. The molecule has 0 aromatic rings. The summed E-state index contributed by atoms with van der Waals surface area (Å²) < 4.78 is 0. The molecular weight excluding hydrogens is 204 g/mol. The summed E-state index contributed by atoms with van der Waals surface area (Å²) in [6.07, 6.45) is 1.13. The molecule has 0 aliphatic heterocycles. The zero-order valence-corrected chi connectivity index (χ0v) is 11.2. The number of aliphatic carboxylic acids is 1. The van der Waals surface area contributed by atoms with E-state index in [1.165, 1.54) is 0 Å². The lowest BCUT2D eigenvalue weighted by Crippen LogP contribution is -2.46. The number of carboxylic acid groups (broad SMARTS) is 1. The number of carbonyl (C=O) groups is 1. The molecule has 2 unspecified atom stereocenters. The highest BCUT2D eigenvalue weighted by Gasteiger charge is 2.23. The number of carboxylic acids is 1. The highest BCUT2D eigenvalue weighted by molar-refractivity contribution is 5.67. The van der Waals surface area contributed by atoms with Crippen LogP contribution in [0.15, 0.2) is 0 Å². The van der Waals surface area contributed by atoms with Gasteiger partial charge in [0.05, 0.1) is 6.42 Å². The van der Waals surface area contributed by atoms with Gasteiger partial charge in [-0.15, -0.1) is 0 Å². The summed E-state index contributed by atoms with van der Waals surface area (Å²) in [5, 5.41) is 8.89. The Morgan fingerprint density at radius 3 is 2.19 bits per heavy atom. The Bertz CT molecular complexity index is 207. The van der Waals surface area contributed by atoms with Crippen molar-refractivity contribution in [2.45, 2.75) is 45.7 Å². The monoisotopic (exact) mass is 230 g/mol. The van der Waals surface area contributed by atoms with Crippen molar-refractivity contribution >= 4 is 5.97 Å². The fraction of sp³-hybridized carbons (Fsp3) is 0.917. The van der Waals surface area contributed by atoms with E-state index in [1.54, 1.807) is 0 Å². The molecule has 0 aromatic heterocycles. The smallest absolute Gasteiger partial charge is 0.304 e. The van der Waals surface area contributed by atoms with Gasteiger partial charge in [0.2, 0.25) is 0 Å². The Kier molecular flexibility index (Phi) is 7.34. The van der Waals surface area contributed by atoms with E-state index in [9.17, 15) is 4.79 Å². The molecule has 4 nitrogen and oxygen atoms in total. The average Bonchev–Trinajstić information content (AvgIpc) is 2.15. The van der Waals surface area contributed by atoms with E-state index in [0.717, 1.165) is 19.5 Å². The average molecular weight is 230 g/mol. The molecule has 0 heterocycles. The molecule has 0 saturated heterocycles. The zero-order chi connectivity index (χ0) is 12.7. The van der Waals surface area contributed by atoms with Gasteiger partial charge in [-0.1, -0.05) is 13.8 Å². The minimum absolute atomic E-state index is 0.150. The van der Waals surface area contributed by atoms with Gasteiger partial charge in [-0.3, -0.25) is 9.69 Å². The van der Waals surface area contributed by atoms with Crippen LogP contribution in [0, 0.1) is 0 Å². The Morgan fingerprint density at radius 2 is 1.88 bits per heavy atom. The van der Waals surface area contributed by atoms with Crippen molar-refractivity contribution in [1.29, 1.82) is 0 Å². The minimum atomic E-state index is -0.706. The first kappa shape index (κ1) is 15.4. The molecule has 1 N–H and O–H groups in total. The van der Waals surface area contributed by atoms with Crippen LogP contribution in [0.3, 0.4) is 0 Å². The van der Waals surface area contributed by atoms with Crippen LogP contribution in [0.25, 0.3) is 0 Å². The summed E-state index contributed by atoms with van der Waals surface area (Å²) in [6.45, 7) is 8.17. The van der Waals surface area contributed by atoms with E-state index < -0.39 is 5.97 Å². The Balaban J connectivity index is 4.46. The van der Waals surface area contributed by atoms with Crippen molar-refractivity contribution < 1.29 is 9.90 Å². The third-order valence-electron chi connectivity index (χ3n) is 2.91. The van der Waals surface area contributed by atoms with Crippen LogP contribution < -0.4 is 0 Å². The fourth-order valence-electron chi connectivity index (χ4n) is 2.26. The number of hydrogen-bond donors (Lipinski definition) is 1. The summed E-state index contributed by atoms with van der Waals surface area (Å²) in [7, 11) is 4.09. The molecule has 2 atom stereocenters. The number of rotatable bonds is 8. The highest BCUT2D eigenvalue weighted by atomic mass is 16.4. The van der Waals surface area contributed by atoms with E-state index in [2.05, 4.69) is 30.6 Å². The predicted molar refractivity (Wildman–Crippen MR) is 66.7 cm³/mol. The van der Waals surface area contributed by atoms with E-state index in [1.807, 2.05) is 14.1 Å². The van der Waals surface area contributed by atoms with Crippen molar-refractivity contribution in [3.8, 4) is 0 Å². The summed E-state index contributed by atoms with van der Waals surface area (Å²) in [4.78, 5) is 15.2.